The molecule has 3 heterocycles. The van der Waals surface area contributed by atoms with Crippen LogP contribution in [0.15, 0.2) is 18.5 Å². The van der Waals surface area contributed by atoms with E-state index >= 15 is 0 Å². The van der Waals surface area contributed by atoms with Gasteiger partial charge in [0.2, 0.25) is 5.91 Å². The Labute approximate surface area is 163 Å². The number of rotatable bonds is 4. The third kappa shape index (κ3) is 2.88. The topological polar surface area (TPSA) is 94.2 Å². The number of amides is 1. The van der Waals surface area contributed by atoms with Crippen LogP contribution in [0, 0.1) is 6.92 Å². The Morgan fingerprint density at radius 2 is 2.22 bits per heavy atom. The van der Waals surface area contributed by atoms with Crippen LogP contribution >= 0.6 is 22.9 Å². The van der Waals surface area contributed by atoms with Crippen molar-refractivity contribution in [3.63, 3.8) is 0 Å². The molecule has 0 saturated heterocycles. The second kappa shape index (κ2) is 6.43. The third-order valence-corrected chi connectivity index (χ3v) is 5.66. The molecule has 10 heteroatoms. The molecular formula is C17H16ClN5O3S. The summed E-state index contributed by atoms with van der Waals surface area (Å²) in [5, 5.41) is 14.0. The maximum absolute atomic E-state index is 12.5. The first-order valence-corrected chi connectivity index (χ1v) is 9.21. The predicted octanol–water partition coefficient (Wildman–Crippen LogP) is 3.30. The van der Waals surface area contributed by atoms with Crippen LogP contribution in [0.3, 0.4) is 0 Å². The van der Waals surface area contributed by atoms with E-state index in [1.165, 1.54) is 24.8 Å². The summed E-state index contributed by atoms with van der Waals surface area (Å²) in [4.78, 5) is 21.1. The van der Waals surface area contributed by atoms with E-state index in [1.807, 2.05) is 7.05 Å². The zero-order valence-corrected chi connectivity index (χ0v) is 16.4. The van der Waals surface area contributed by atoms with Crippen LogP contribution in [0.2, 0.25) is 5.02 Å². The van der Waals surface area contributed by atoms with Crippen molar-refractivity contribution in [2.24, 2.45) is 7.05 Å². The Kier molecular flexibility index (Phi) is 4.20. The Morgan fingerprint density at radius 3 is 2.96 bits per heavy atom. The summed E-state index contributed by atoms with van der Waals surface area (Å²) in [6, 6.07) is 3.49. The highest BCUT2D eigenvalue weighted by atomic mass is 35.5. The lowest BCUT2D eigenvalue weighted by Crippen LogP contribution is -2.18. The normalized spacial score (nSPS) is 11.4. The van der Waals surface area contributed by atoms with Gasteiger partial charge in [0.25, 0.3) is 0 Å². The van der Waals surface area contributed by atoms with E-state index in [2.05, 4.69) is 15.3 Å². The molecule has 0 aliphatic rings. The second-order valence-corrected chi connectivity index (χ2v) is 7.50. The van der Waals surface area contributed by atoms with Gasteiger partial charge in [-0.1, -0.05) is 22.9 Å². The first kappa shape index (κ1) is 17.6. The number of hydrogen-bond donors (Lipinski definition) is 2. The van der Waals surface area contributed by atoms with Crippen LogP contribution in [-0.4, -0.2) is 37.2 Å². The van der Waals surface area contributed by atoms with Gasteiger partial charge in [-0.05, 0) is 13.0 Å². The first-order chi connectivity index (χ1) is 12.9. The van der Waals surface area contributed by atoms with Crippen molar-refractivity contribution >= 4 is 55.4 Å². The number of anilines is 1. The van der Waals surface area contributed by atoms with Gasteiger partial charge in [-0.2, -0.15) is 0 Å². The largest absolute Gasteiger partial charge is 0.504 e. The average molecular weight is 406 g/mol. The second-order valence-electron chi connectivity index (χ2n) is 6.06. The minimum Gasteiger partial charge on any atom is -0.504 e. The van der Waals surface area contributed by atoms with Gasteiger partial charge in [-0.15, -0.1) is 0 Å². The van der Waals surface area contributed by atoms with Crippen molar-refractivity contribution in [1.82, 2.24) is 19.1 Å². The molecule has 0 bridgehead atoms. The maximum atomic E-state index is 12.5. The number of aromatic hydroxyl groups is 1. The summed E-state index contributed by atoms with van der Waals surface area (Å²) < 4.78 is 9.42. The third-order valence-electron chi connectivity index (χ3n) is 4.43. The number of methoxy groups -OCH3 is 1. The molecule has 1 aromatic carbocycles. The summed E-state index contributed by atoms with van der Waals surface area (Å²) in [5.41, 5.74) is 2.54. The number of nitrogens with one attached hydrogen (secondary N) is 1. The fourth-order valence-electron chi connectivity index (χ4n) is 2.92. The molecule has 4 rings (SSSR count). The Hall–Kier alpha value is -2.78. The molecule has 0 unspecified atom stereocenters. The van der Waals surface area contributed by atoms with E-state index < -0.39 is 0 Å². The SMILES string of the molecule is COc1cc2nc(NC(=O)Cn3cnc4c3c(O)c(C)n4C)sc2cc1Cl. The average Bonchev–Trinajstić information content (AvgIpc) is 3.26. The number of imidazole rings is 1. The van der Waals surface area contributed by atoms with Crippen molar-refractivity contribution in [2.75, 3.05) is 12.4 Å². The number of carbonyl (C=O) groups is 1. The Morgan fingerprint density at radius 1 is 1.44 bits per heavy atom. The number of benzene rings is 1. The van der Waals surface area contributed by atoms with Crippen LogP contribution in [0.5, 0.6) is 11.5 Å². The van der Waals surface area contributed by atoms with E-state index in [0.717, 1.165) is 4.70 Å². The smallest absolute Gasteiger partial charge is 0.246 e. The van der Waals surface area contributed by atoms with Gasteiger partial charge >= 0.3 is 0 Å². The number of fused-ring (bicyclic) bond motifs is 2. The minimum atomic E-state index is -0.271. The van der Waals surface area contributed by atoms with E-state index in [1.54, 1.807) is 28.2 Å². The van der Waals surface area contributed by atoms with Gasteiger partial charge in [-0.25, -0.2) is 9.97 Å². The molecule has 1 amide bonds. The Balaban J connectivity index is 1.58. The van der Waals surface area contributed by atoms with Crippen LogP contribution in [0.25, 0.3) is 21.4 Å². The number of hydrogen-bond acceptors (Lipinski definition) is 6. The maximum Gasteiger partial charge on any atom is 0.246 e. The van der Waals surface area contributed by atoms with Gasteiger partial charge in [0.1, 0.15) is 17.8 Å². The highest BCUT2D eigenvalue weighted by molar-refractivity contribution is 7.22. The molecule has 0 aliphatic heterocycles. The molecule has 0 fully saturated rings. The number of nitrogens with zero attached hydrogens (tertiary/aromatic N) is 4. The zero-order valence-electron chi connectivity index (χ0n) is 14.8. The van der Waals surface area contributed by atoms with Crippen molar-refractivity contribution in [2.45, 2.75) is 13.5 Å². The van der Waals surface area contributed by atoms with Crippen LogP contribution in [0.1, 0.15) is 5.69 Å². The van der Waals surface area contributed by atoms with Gasteiger partial charge < -0.3 is 24.3 Å². The number of thiazole rings is 1. The van der Waals surface area contributed by atoms with Crippen molar-refractivity contribution in [1.29, 1.82) is 0 Å². The lowest BCUT2D eigenvalue weighted by atomic mass is 10.3. The number of halogens is 1. The molecule has 2 N–H and O–H groups in total. The van der Waals surface area contributed by atoms with Crippen molar-refractivity contribution in [3.8, 4) is 11.5 Å². The fraction of sp³-hybridized carbons (Fsp3) is 0.235. The van der Waals surface area contributed by atoms with Gasteiger partial charge in [0.05, 0.1) is 34.4 Å². The van der Waals surface area contributed by atoms with Crippen LogP contribution in [-0.2, 0) is 18.4 Å². The molecule has 140 valence electrons. The standard InChI is InChI=1S/C17H16ClN5O3S/c1-8-15(25)14-16(22(8)2)19-7-23(14)6-13(24)21-17-20-10-5-11(26-3)9(18)4-12(10)27-17/h4-5,7,25H,6H2,1-3H3,(H,20,21,24). The molecule has 4 aromatic rings. The summed E-state index contributed by atoms with van der Waals surface area (Å²) in [5.74, 6) is 0.384. The van der Waals surface area contributed by atoms with E-state index in [4.69, 9.17) is 16.3 Å². The molecule has 3 aromatic heterocycles. The number of carbonyl (C=O) groups excluding carboxylic acids is 1. The zero-order chi connectivity index (χ0) is 19.3. The molecule has 0 saturated carbocycles. The number of ether oxygens (including phenoxy) is 1. The molecule has 0 aliphatic carbocycles. The van der Waals surface area contributed by atoms with Crippen LogP contribution < -0.4 is 10.1 Å². The summed E-state index contributed by atoms with van der Waals surface area (Å²) in [7, 11) is 3.35. The molecule has 0 spiro atoms. The van der Waals surface area contributed by atoms with Gasteiger partial charge in [0, 0.05) is 13.1 Å². The van der Waals surface area contributed by atoms with E-state index in [9.17, 15) is 9.90 Å². The van der Waals surface area contributed by atoms with E-state index in [-0.39, 0.29) is 18.2 Å². The molecular weight excluding hydrogens is 390 g/mol. The van der Waals surface area contributed by atoms with Crippen molar-refractivity contribution in [3.05, 3.63) is 29.2 Å². The van der Waals surface area contributed by atoms with Crippen LogP contribution in [0.4, 0.5) is 5.13 Å². The predicted molar refractivity (Wildman–Crippen MR) is 105 cm³/mol. The minimum absolute atomic E-state index is 0.00746. The number of aromatic nitrogens is 4. The monoisotopic (exact) mass is 405 g/mol. The molecule has 8 nitrogen and oxygen atoms in total. The summed E-state index contributed by atoms with van der Waals surface area (Å²) >= 11 is 7.45. The quantitative estimate of drug-likeness (QED) is 0.543. The number of aryl methyl sites for hydroxylation is 1. The highest BCUT2D eigenvalue weighted by Gasteiger charge is 2.18. The Bertz CT molecular complexity index is 1190. The lowest BCUT2D eigenvalue weighted by molar-refractivity contribution is -0.116. The molecule has 0 radical (unpaired) electrons. The van der Waals surface area contributed by atoms with Crippen molar-refractivity contribution < 1.29 is 14.6 Å². The molecule has 0 atom stereocenters. The molecule has 27 heavy (non-hydrogen) atoms. The van der Waals surface area contributed by atoms with E-state index in [0.29, 0.717) is 38.3 Å². The first-order valence-electron chi connectivity index (χ1n) is 8.02. The highest BCUT2D eigenvalue weighted by Crippen LogP contribution is 2.34. The summed E-state index contributed by atoms with van der Waals surface area (Å²) in [6.07, 6.45) is 1.53. The van der Waals surface area contributed by atoms with Gasteiger partial charge in [-0.3, -0.25) is 4.79 Å². The summed E-state index contributed by atoms with van der Waals surface area (Å²) in [6.45, 7) is 1.80. The fourth-order valence-corrected chi connectivity index (χ4v) is 4.13. The van der Waals surface area contributed by atoms with Gasteiger partial charge in [0.15, 0.2) is 16.5 Å². The lowest BCUT2D eigenvalue weighted by Gasteiger charge is -2.03.